The lowest BCUT2D eigenvalue weighted by atomic mass is 10.0. The number of carbonyl (C=O) groups excluding carboxylic acids is 1. The first kappa shape index (κ1) is 28.2. The summed E-state index contributed by atoms with van der Waals surface area (Å²) in [4.78, 5) is 26.2. The number of benzene rings is 2. The van der Waals surface area contributed by atoms with Gasteiger partial charge in [-0.15, -0.1) is 11.3 Å². The van der Waals surface area contributed by atoms with Crippen LogP contribution in [0.3, 0.4) is 0 Å². The highest BCUT2D eigenvalue weighted by molar-refractivity contribution is 7.20. The van der Waals surface area contributed by atoms with Crippen LogP contribution in [0.1, 0.15) is 34.8 Å². The smallest absolute Gasteiger partial charge is 0.341 e. The molecule has 0 radical (unpaired) electrons. The summed E-state index contributed by atoms with van der Waals surface area (Å²) in [5.41, 5.74) is 1.86. The Labute approximate surface area is 218 Å². The summed E-state index contributed by atoms with van der Waals surface area (Å²) in [6.45, 7) is 2.68. The van der Waals surface area contributed by atoms with Gasteiger partial charge in [0.2, 0.25) is 0 Å². The molecule has 2 aromatic carbocycles. The van der Waals surface area contributed by atoms with Gasteiger partial charge in [-0.25, -0.2) is 13.6 Å². The molecule has 1 heterocycles. The summed E-state index contributed by atoms with van der Waals surface area (Å²) < 4.78 is 38.5. The maximum absolute atomic E-state index is 13.8. The Balaban J connectivity index is 1.78. The quantitative estimate of drug-likeness (QED) is 0.0967. The maximum atomic E-state index is 13.8. The highest BCUT2D eigenvalue weighted by Gasteiger charge is 2.26. The van der Waals surface area contributed by atoms with E-state index in [9.17, 15) is 23.7 Å². The standard InChI is InChI=1S/C26H29F2N3O5S/c1-4-36-26(32)23-20(15-30(2)3)24(17-10-12-18(13-11-17)31(33)34)37-25(23)29-16-35-14-6-7-19-21(27)8-5-9-22(19)28/h5,8-13,29H,4,6-7,14-16H2,1-3H3. The highest BCUT2D eigenvalue weighted by Crippen LogP contribution is 2.41. The molecular weight excluding hydrogens is 504 g/mol. The van der Waals surface area contributed by atoms with Gasteiger partial charge >= 0.3 is 5.97 Å². The second kappa shape index (κ2) is 13.2. The van der Waals surface area contributed by atoms with E-state index in [1.54, 1.807) is 19.1 Å². The average molecular weight is 534 g/mol. The van der Waals surface area contributed by atoms with Crippen molar-refractivity contribution in [1.82, 2.24) is 4.90 Å². The second-order valence-electron chi connectivity index (χ2n) is 8.41. The molecule has 3 aromatic rings. The second-order valence-corrected chi connectivity index (χ2v) is 9.43. The van der Waals surface area contributed by atoms with Gasteiger partial charge in [-0.2, -0.15) is 0 Å². The van der Waals surface area contributed by atoms with E-state index < -0.39 is 22.5 Å². The molecule has 198 valence electrons. The zero-order valence-corrected chi connectivity index (χ0v) is 21.7. The van der Waals surface area contributed by atoms with Gasteiger partial charge in [-0.3, -0.25) is 10.1 Å². The van der Waals surface area contributed by atoms with Crippen molar-refractivity contribution in [2.75, 3.05) is 39.4 Å². The van der Waals surface area contributed by atoms with Gasteiger partial charge in [-0.05, 0) is 63.7 Å². The number of anilines is 1. The van der Waals surface area contributed by atoms with Crippen molar-refractivity contribution in [3.05, 3.63) is 80.9 Å². The average Bonchev–Trinajstić information content (AvgIpc) is 3.20. The van der Waals surface area contributed by atoms with Gasteiger partial charge in [0.25, 0.3) is 5.69 Å². The molecule has 0 unspecified atom stereocenters. The van der Waals surface area contributed by atoms with E-state index in [1.807, 2.05) is 19.0 Å². The van der Waals surface area contributed by atoms with E-state index in [0.29, 0.717) is 23.5 Å². The van der Waals surface area contributed by atoms with Gasteiger partial charge < -0.3 is 19.7 Å². The lowest BCUT2D eigenvalue weighted by molar-refractivity contribution is -0.384. The summed E-state index contributed by atoms with van der Waals surface area (Å²) in [5, 5.41) is 14.7. The Morgan fingerprint density at radius 3 is 2.38 bits per heavy atom. The Hall–Kier alpha value is -3.41. The fourth-order valence-electron chi connectivity index (χ4n) is 3.75. The Bertz CT molecular complexity index is 1210. The predicted molar refractivity (Wildman–Crippen MR) is 139 cm³/mol. The highest BCUT2D eigenvalue weighted by atomic mass is 32.1. The van der Waals surface area contributed by atoms with Gasteiger partial charge in [-0.1, -0.05) is 6.07 Å². The van der Waals surface area contributed by atoms with Gasteiger partial charge in [0.1, 0.15) is 23.4 Å². The molecule has 0 aliphatic rings. The van der Waals surface area contributed by atoms with Gasteiger partial charge in [0, 0.05) is 41.3 Å². The minimum Gasteiger partial charge on any atom is -0.462 e. The molecule has 37 heavy (non-hydrogen) atoms. The molecule has 0 aliphatic heterocycles. The van der Waals surface area contributed by atoms with E-state index >= 15 is 0 Å². The molecule has 8 nitrogen and oxygen atoms in total. The Morgan fingerprint density at radius 2 is 1.78 bits per heavy atom. The molecule has 1 aromatic heterocycles. The topological polar surface area (TPSA) is 93.9 Å². The Morgan fingerprint density at radius 1 is 1.11 bits per heavy atom. The van der Waals surface area contributed by atoms with Crippen LogP contribution in [0.15, 0.2) is 42.5 Å². The minimum absolute atomic E-state index is 0.0258. The zero-order chi connectivity index (χ0) is 26.9. The largest absolute Gasteiger partial charge is 0.462 e. The fraction of sp³-hybridized carbons (Fsp3) is 0.346. The van der Waals surface area contributed by atoms with Crippen LogP contribution in [-0.4, -0.2) is 49.8 Å². The van der Waals surface area contributed by atoms with Crippen LogP contribution in [0.25, 0.3) is 10.4 Å². The fourth-order valence-corrected chi connectivity index (χ4v) is 4.94. The van der Waals surface area contributed by atoms with E-state index in [0.717, 1.165) is 16.0 Å². The van der Waals surface area contributed by atoms with E-state index in [1.165, 1.54) is 41.7 Å². The number of nitrogens with zero attached hydrogens (tertiary/aromatic N) is 2. The van der Waals surface area contributed by atoms with Crippen molar-refractivity contribution in [1.29, 1.82) is 0 Å². The van der Waals surface area contributed by atoms with E-state index in [-0.39, 0.29) is 37.6 Å². The first-order valence-corrected chi connectivity index (χ1v) is 12.5. The molecule has 0 amide bonds. The van der Waals surface area contributed by atoms with Crippen molar-refractivity contribution >= 4 is 28.0 Å². The first-order valence-electron chi connectivity index (χ1n) is 11.7. The van der Waals surface area contributed by atoms with Crippen LogP contribution in [0.4, 0.5) is 19.5 Å². The molecule has 0 aliphatic carbocycles. The summed E-state index contributed by atoms with van der Waals surface area (Å²) in [6.07, 6.45) is 0.609. The molecule has 0 atom stereocenters. The molecular formula is C26H29F2N3O5S. The number of ether oxygens (including phenoxy) is 2. The number of nitro benzene ring substituents is 1. The lowest BCUT2D eigenvalue weighted by Gasteiger charge is -2.14. The number of halogens is 2. The van der Waals surface area contributed by atoms with Gasteiger partial charge in [0.05, 0.1) is 17.1 Å². The van der Waals surface area contributed by atoms with E-state index in [4.69, 9.17) is 9.47 Å². The van der Waals surface area contributed by atoms with Crippen molar-refractivity contribution in [3.8, 4) is 10.4 Å². The Kier molecular flexibility index (Phi) is 10.1. The van der Waals surface area contributed by atoms with Crippen molar-refractivity contribution < 1.29 is 28.0 Å². The number of hydrogen-bond acceptors (Lipinski definition) is 8. The number of nitrogens with one attached hydrogen (secondary N) is 1. The summed E-state index contributed by atoms with van der Waals surface area (Å²) >= 11 is 1.33. The zero-order valence-electron chi connectivity index (χ0n) is 20.9. The van der Waals surface area contributed by atoms with Crippen LogP contribution in [0.5, 0.6) is 0 Å². The number of nitro groups is 1. The van der Waals surface area contributed by atoms with Crippen molar-refractivity contribution in [2.24, 2.45) is 0 Å². The molecule has 0 spiro atoms. The maximum Gasteiger partial charge on any atom is 0.341 e. The number of hydrogen-bond donors (Lipinski definition) is 1. The molecule has 3 rings (SSSR count). The summed E-state index contributed by atoms with van der Waals surface area (Å²) in [5.74, 6) is -1.65. The molecule has 0 bridgehead atoms. The third kappa shape index (κ3) is 7.31. The number of thiophene rings is 1. The number of rotatable bonds is 13. The van der Waals surface area contributed by atoms with Crippen LogP contribution in [-0.2, 0) is 22.4 Å². The summed E-state index contributed by atoms with van der Waals surface area (Å²) in [7, 11) is 3.75. The molecule has 11 heteroatoms. The van der Waals surface area contributed by atoms with Crippen LogP contribution < -0.4 is 5.32 Å². The predicted octanol–water partition coefficient (Wildman–Crippen LogP) is 5.86. The van der Waals surface area contributed by atoms with Crippen LogP contribution in [0.2, 0.25) is 0 Å². The van der Waals surface area contributed by atoms with Crippen molar-refractivity contribution in [3.63, 3.8) is 0 Å². The van der Waals surface area contributed by atoms with Gasteiger partial charge in [0.15, 0.2) is 0 Å². The third-order valence-electron chi connectivity index (χ3n) is 5.41. The lowest BCUT2D eigenvalue weighted by Crippen LogP contribution is -2.16. The molecule has 0 fully saturated rings. The van der Waals surface area contributed by atoms with Crippen LogP contribution >= 0.6 is 11.3 Å². The number of carbonyl (C=O) groups is 1. The van der Waals surface area contributed by atoms with Crippen molar-refractivity contribution in [2.45, 2.75) is 26.3 Å². The number of esters is 1. The SMILES string of the molecule is CCOC(=O)c1c(NCOCCCc2c(F)cccc2F)sc(-c2ccc([N+](=O)[O-])cc2)c1CN(C)C. The summed E-state index contributed by atoms with van der Waals surface area (Å²) in [6, 6.07) is 9.93. The number of non-ortho nitro benzene ring substituents is 1. The monoisotopic (exact) mass is 533 g/mol. The minimum atomic E-state index is -0.581. The van der Waals surface area contributed by atoms with E-state index in [2.05, 4.69) is 5.32 Å². The molecule has 0 saturated heterocycles. The molecule has 0 saturated carbocycles. The first-order chi connectivity index (χ1) is 17.7. The van der Waals surface area contributed by atoms with Crippen LogP contribution in [0, 0.1) is 21.7 Å². The molecule has 1 N–H and O–H groups in total. The normalized spacial score (nSPS) is 11.1. The third-order valence-corrected chi connectivity index (χ3v) is 6.65.